The summed E-state index contributed by atoms with van der Waals surface area (Å²) in [6.45, 7) is 4.02. The first kappa shape index (κ1) is 14.4. The highest BCUT2D eigenvalue weighted by molar-refractivity contribution is 5.74. The lowest BCUT2D eigenvalue weighted by Gasteiger charge is -2.34. The standard InChI is InChI=1S/C17H24N2O2/c1-12-7-15(20)11-19(10-12)17(21)18-9-14-8-16(14)13-5-3-2-4-6-13/h2-6,12,14-16,20H,7-11H2,1H3,(H,18,21)/t12-,14+,15+,16+/m1/s1. The lowest BCUT2D eigenvalue weighted by molar-refractivity contribution is 0.0604. The first-order valence-electron chi connectivity index (χ1n) is 7.89. The SMILES string of the molecule is C[C@@H]1C[C@H](O)CN(C(=O)NC[C@@H]2C[C@H]2c2ccccc2)C1. The number of rotatable bonds is 3. The van der Waals surface area contributed by atoms with E-state index in [0.29, 0.717) is 24.3 Å². The monoisotopic (exact) mass is 288 g/mol. The Balaban J connectivity index is 1.45. The van der Waals surface area contributed by atoms with Gasteiger partial charge in [-0.05, 0) is 36.2 Å². The highest BCUT2D eigenvalue weighted by Crippen LogP contribution is 2.46. The number of hydrogen-bond donors (Lipinski definition) is 2. The van der Waals surface area contributed by atoms with Crippen molar-refractivity contribution in [3.8, 4) is 0 Å². The predicted octanol–water partition coefficient (Wildman–Crippen LogP) is 2.20. The van der Waals surface area contributed by atoms with Crippen LogP contribution in [0.5, 0.6) is 0 Å². The van der Waals surface area contributed by atoms with Gasteiger partial charge in [0.15, 0.2) is 0 Å². The maximum atomic E-state index is 12.2. The Morgan fingerprint density at radius 1 is 1.29 bits per heavy atom. The van der Waals surface area contributed by atoms with Crippen LogP contribution in [0.4, 0.5) is 4.79 Å². The van der Waals surface area contributed by atoms with Gasteiger partial charge < -0.3 is 15.3 Å². The van der Waals surface area contributed by atoms with Gasteiger partial charge in [0.05, 0.1) is 6.10 Å². The number of β-amino-alcohol motifs (C(OH)–C–C–N with tert-alkyl or cyclic N) is 1. The summed E-state index contributed by atoms with van der Waals surface area (Å²) in [5.74, 6) is 1.53. The molecule has 2 N–H and O–H groups in total. The Morgan fingerprint density at radius 2 is 2.05 bits per heavy atom. The molecule has 0 spiro atoms. The summed E-state index contributed by atoms with van der Waals surface area (Å²) < 4.78 is 0. The van der Waals surface area contributed by atoms with Gasteiger partial charge in [-0.1, -0.05) is 37.3 Å². The van der Waals surface area contributed by atoms with Gasteiger partial charge in [-0.15, -0.1) is 0 Å². The molecule has 1 saturated carbocycles. The molecule has 4 nitrogen and oxygen atoms in total. The third-order valence-corrected chi connectivity index (χ3v) is 4.59. The van der Waals surface area contributed by atoms with Crippen LogP contribution in [0.25, 0.3) is 0 Å². The first-order valence-corrected chi connectivity index (χ1v) is 7.89. The van der Waals surface area contributed by atoms with Crippen molar-refractivity contribution in [3.63, 3.8) is 0 Å². The summed E-state index contributed by atoms with van der Waals surface area (Å²) in [4.78, 5) is 13.9. The van der Waals surface area contributed by atoms with E-state index in [4.69, 9.17) is 0 Å². The van der Waals surface area contributed by atoms with Crippen LogP contribution in [-0.2, 0) is 0 Å². The number of carbonyl (C=O) groups is 1. The quantitative estimate of drug-likeness (QED) is 0.896. The van der Waals surface area contributed by atoms with Gasteiger partial charge in [0.25, 0.3) is 0 Å². The predicted molar refractivity (Wildman–Crippen MR) is 82.0 cm³/mol. The number of aliphatic hydroxyl groups is 1. The van der Waals surface area contributed by atoms with Crippen LogP contribution in [0.1, 0.15) is 31.2 Å². The number of nitrogens with one attached hydrogen (secondary N) is 1. The van der Waals surface area contributed by atoms with Crippen molar-refractivity contribution in [1.29, 1.82) is 0 Å². The maximum absolute atomic E-state index is 12.2. The summed E-state index contributed by atoms with van der Waals surface area (Å²) in [7, 11) is 0. The van der Waals surface area contributed by atoms with E-state index in [1.807, 2.05) is 6.07 Å². The summed E-state index contributed by atoms with van der Waals surface area (Å²) >= 11 is 0. The van der Waals surface area contributed by atoms with Crippen LogP contribution in [0.15, 0.2) is 30.3 Å². The summed E-state index contributed by atoms with van der Waals surface area (Å²) in [5.41, 5.74) is 1.37. The van der Waals surface area contributed by atoms with Crippen molar-refractivity contribution >= 4 is 6.03 Å². The lowest BCUT2D eigenvalue weighted by atomic mass is 9.98. The average molecular weight is 288 g/mol. The number of aliphatic hydroxyl groups excluding tert-OH is 1. The van der Waals surface area contributed by atoms with Gasteiger partial charge in [0.2, 0.25) is 0 Å². The number of hydrogen-bond acceptors (Lipinski definition) is 2. The highest BCUT2D eigenvalue weighted by atomic mass is 16.3. The second-order valence-electron chi connectivity index (χ2n) is 6.60. The first-order chi connectivity index (χ1) is 10.1. The number of amides is 2. The molecule has 3 rings (SSSR count). The van der Waals surface area contributed by atoms with E-state index in [1.165, 1.54) is 5.56 Å². The van der Waals surface area contributed by atoms with Gasteiger partial charge in [-0.3, -0.25) is 0 Å². The molecule has 0 radical (unpaired) electrons. The molecule has 4 atom stereocenters. The van der Waals surface area contributed by atoms with Crippen molar-refractivity contribution in [2.75, 3.05) is 19.6 Å². The van der Waals surface area contributed by atoms with E-state index in [-0.39, 0.29) is 12.1 Å². The molecule has 1 aliphatic heterocycles. The summed E-state index contributed by atoms with van der Waals surface area (Å²) in [6, 6.07) is 10.5. The third kappa shape index (κ3) is 3.56. The van der Waals surface area contributed by atoms with E-state index < -0.39 is 0 Å². The molecule has 1 aromatic carbocycles. The Morgan fingerprint density at radius 3 is 2.76 bits per heavy atom. The Bertz CT molecular complexity index is 481. The van der Waals surface area contributed by atoms with Crippen LogP contribution in [-0.4, -0.2) is 41.8 Å². The number of urea groups is 1. The minimum Gasteiger partial charge on any atom is -0.391 e. The van der Waals surface area contributed by atoms with E-state index in [2.05, 4.69) is 36.5 Å². The van der Waals surface area contributed by atoms with Gasteiger partial charge in [0.1, 0.15) is 0 Å². The van der Waals surface area contributed by atoms with Crippen molar-refractivity contribution in [2.45, 2.75) is 31.8 Å². The van der Waals surface area contributed by atoms with Crippen molar-refractivity contribution in [1.82, 2.24) is 10.2 Å². The molecular weight excluding hydrogens is 264 g/mol. The van der Waals surface area contributed by atoms with Gasteiger partial charge in [-0.25, -0.2) is 4.79 Å². The highest BCUT2D eigenvalue weighted by Gasteiger charge is 2.38. The Labute approximate surface area is 126 Å². The van der Waals surface area contributed by atoms with E-state index in [9.17, 15) is 9.90 Å². The second-order valence-corrected chi connectivity index (χ2v) is 6.60. The summed E-state index contributed by atoms with van der Waals surface area (Å²) in [6.07, 6.45) is 1.57. The Kier molecular flexibility index (Phi) is 4.15. The minimum absolute atomic E-state index is 0.0284. The van der Waals surface area contributed by atoms with Crippen molar-refractivity contribution < 1.29 is 9.90 Å². The minimum atomic E-state index is -0.377. The molecule has 2 amide bonds. The Hall–Kier alpha value is -1.55. The van der Waals surface area contributed by atoms with Gasteiger partial charge in [-0.2, -0.15) is 0 Å². The fourth-order valence-electron chi connectivity index (χ4n) is 3.40. The number of carbonyl (C=O) groups excluding carboxylic acids is 1. The van der Waals surface area contributed by atoms with Gasteiger partial charge in [0, 0.05) is 19.6 Å². The third-order valence-electron chi connectivity index (χ3n) is 4.59. The zero-order chi connectivity index (χ0) is 14.8. The second kappa shape index (κ2) is 6.06. The molecule has 4 heteroatoms. The molecular formula is C17H24N2O2. The number of nitrogens with zero attached hydrogens (tertiary/aromatic N) is 1. The molecule has 114 valence electrons. The lowest BCUT2D eigenvalue weighted by Crippen LogP contribution is -2.50. The average Bonchev–Trinajstić information content (AvgIpc) is 3.24. The van der Waals surface area contributed by atoms with Crippen LogP contribution in [0, 0.1) is 11.8 Å². The van der Waals surface area contributed by atoms with E-state index in [1.54, 1.807) is 4.90 Å². The zero-order valence-corrected chi connectivity index (χ0v) is 12.5. The molecule has 1 aromatic rings. The molecule has 1 saturated heterocycles. The molecule has 0 unspecified atom stereocenters. The number of piperidine rings is 1. The maximum Gasteiger partial charge on any atom is 0.317 e. The van der Waals surface area contributed by atoms with Crippen molar-refractivity contribution in [3.05, 3.63) is 35.9 Å². The number of benzene rings is 1. The van der Waals surface area contributed by atoms with Crippen LogP contribution >= 0.6 is 0 Å². The normalized spacial score (nSPS) is 31.8. The topological polar surface area (TPSA) is 52.6 Å². The van der Waals surface area contributed by atoms with E-state index in [0.717, 1.165) is 25.9 Å². The molecule has 0 bridgehead atoms. The molecule has 2 fully saturated rings. The molecule has 1 aliphatic carbocycles. The van der Waals surface area contributed by atoms with E-state index >= 15 is 0 Å². The van der Waals surface area contributed by atoms with Crippen LogP contribution < -0.4 is 5.32 Å². The molecule has 21 heavy (non-hydrogen) atoms. The summed E-state index contributed by atoms with van der Waals surface area (Å²) in [5, 5.41) is 12.8. The van der Waals surface area contributed by atoms with Crippen LogP contribution in [0.2, 0.25) is 0 Å². The largest absolute Gasteiger partial charge is 0.391 e. The molecule has 1 heterocycles. The fourth-order valence-corrected chi connectivity index (χ4v) is 3.40. The fraction of sp³-hybridized carbons (Fsp3) is 0.588. The van der Waals surface area contributed by atoms with Crippen molar-refractivity contribution in [2.24, 2.45) is 11.8 Å². The molecule has 2 aliphatic rings. The van der Waals surface area contributed by atoms with Crippen LogP contribution in [0.3, 0.4) is 0 Å². The number of likely N-dealkylation sites (tertiary alicyclic amines) is 1. The van der Waals surface area contributed by atoms with Gasteiger partial charge >= 0.3 is 6.03 Å². The smallest absolute Gasteiger partial charge is 0.317 e. The molecule has 0 aromatic heterocycles. The zero-order valence-electron chi connectivity index (χ0n) is 12.5.